The van der Waals surface area contributed by atoms with Crippen LogP contribution in [0.4, 0.5) is 24.5 Å². The predicted octanol–water partition coefficient (Wildman–Crippen LogP) is 2.16. The van der Waals surface area contributed by atoms with Crippen LogP contribution in [0.1, 0.15) is 5.56 Å². The molecule has 1 aromatic rings. The first-order valence-corrected chi connectivity index (χ1v) is 5.05. The highest BCUT2D eigenvalue weighted by Gasteiger charge is 2.38. The van der Waals surface area contributed by atoms with Crippen molar-refractivity contribution in [2.24, 2.45) is 0 Å². The Hall–Kier alpha value is -1.68. The highest BCUT2D eigenvalue weighted by Crippen LogP contribution is 2.37. The Kier molecular flexibility index (Phi) is 3.68. The zero-order valence-electron chi connectivity index (χ0n) is 7.89. The van der Waals surface area contributed by atoms with Gasteiger partial charge in [0.2, 0.25) is 0 Å². The van der Waals surface area contributed by atoms with E-state index in [4.69, 9.17) is 4.55 Å². The number of anilines is 1. The average molecular weight is 270 g/mol. The van der Waals surface area contributed by atoms with Gasteiger partial charge in [0.1, 0.15) is 5.56 Å². The molecule has 0 aromatic heterocycles. The smallest absolute Gasteiger partial charge is 0.289 e. The molecular formula is C7H5F3N2O4S. The van der Waals surface area contributed by atoms with E-state index in [-0.39, 0.29) is 5.69 Å². The second-order valence-electron chi connectivity index (χ2n) is 2.84. The number of hydrogen-bond acceptors (Lipinski definition) is 3. The fraction of sp³-hybridized carbons (Fsp3) is 0.143. The third-order valence-electron chi connectivity index (χ3n) is 1.70. The zero-order valence-corrected chi connectivity index (χ0v) is 8.71. The molecule has 0 fully saturated rings. The number of halogens is 3. The summed E-state index contributed by atoms with van der Waals surface area (Å²) in [6.45, 7) is 0. The maximum Gasteiger partial charge on any atom is 0.423 e. The van der Waals surface area contributed by atoms with Crippen molar-refractivity contribution in [2.45, 2.75) is 6.18 Å². The highest BCUT2D eigenvalue weighted by atomic mass is 32.2. The molecule has 94 valence electrons. The van der Waals surface area contributed by atoms with Crippen molar-refractivity contribution in [1.82, 2.24) is 0 Å². The number of nitrogens with one attached hydrogen (secondary N) is 1. The third-order valence-corrected chi connectivity index (χ3v) is 2.12. The van der Waals surface area contributed by atoms with Crippen molar-refractivity contribution < 1.29 is 26.9 Å². The van der Waals surface area contributed by atoms with Crippen LogP contribution < -0.4 is 4.72 Å². The van der Waals surface area contributed by atoms with Crippen molar-refractivity contribution >= 4 is 22.6 Å². The van der Waals surface area contributed by atoms with E-state index in [2.05, 4.69) is 0 Å². The van der Waals surface area contributed by atoms with Crippen LogP contribution in [0.2, 0.25) is 0 Å². The van der Waals surface area contributed by atoms with E-state index in [1.54, 1.807) is 0 Å². The molecular weight excluding hydrogens is 265 g/mol. The van der Waals surface area contributed by atoms with Crippen molar-refractivity contribution in [3.05, 3.63) is 33.9 Å². The minimum Gasteiger partial charge on any atom is -0.289 e. The van der Waals surface area contributed by atoms with E-state index in [9.17, 15) is 27.5 Å². The Morgan fingerprint density at radius 1 is 1.41 bits per heavy atom. The van der Waals surface area contributed by atoms with E-state index >= 15 is 0 Å². The molecule has 1 rings (SSSR count). The summed E-state index contributed by atoms with van der Waals surface area (Å²) in [5, 5.41) is 10.4. The normalized spacial score (nSPS) is 13.2. The third kappa shape index (κ3) is 3.39. The number of nitrogens with zero attached hydrogens (tertiary/aromatic N) is 1. The van der Waals surface area contributed by atoms with Crippen LogP contribution in [0.25, 0.3) is 0 Å². The van der Waals surface area contributed by atoms with Gasteiger partial charge in [-0.15, -0.1) is 0 Å². The van der Waals surface area contributed by atoms with E-state index in [0.29, 0.717) is 12.1 Å². The molecule has 0 bridgehead atoms. The molecule has 0 spiro atoms. The lowest BCUT2D eigenvalue weighted by molar-refractivity contribution is -0.388. The van der Waals surface area contributed by atoms with Gasteiger partial charge in [-0.05, 0) is 12.1 Å². The van der Waals surface area contributed by atoms with Gasteiger partial charge < -0.3 is 0 Å². The van der Waals surface area contributed by atoms with Gasteiger partial charge >= 0.3 is 6.18 Å². The maximum atomic E-state index is 12.4. The molecule has 0 radical (unpaired) electrons. The molecule has 0 saturated carbocycles. The van der Waals surface area contributed by atoms with Crippen LogP contribution in [-0.2, 0) is 17.4 Å². The molecule has 0 aliphatic carbocycles. The highest BCUT2D eigenvalue weighted by molar-refractivity contribution is 7.80. The lowest BCUT2D eigenvalue weighted by atomic mass is 10.1. The minimum atomic E-state index is -4.86. The molecule has 0 aliphatic rings. The number of nitro groups is 1. The van der Waals surface area contributed by atoms with Gasteiger partial charge in [-0.1, -0.05) is 0 Å². The summed E-state index contributed by atoms with van der Waals surface area (Å²) in [5.41, 5.74) is -2.87. The minimum absolute atomic E-state index is 0.259. The summed E-state index contributed by atoms with van der Waals surface area (Å²) in [4.78, 5) is 9.23. The molecule has 0 aliphatic heterocycles. The first-order valence-electron chi connectivity index (χ1n) is 3.95. The molecule has 0 amide bonds. The van der Waals surface area contributed by atoms with Crippen molar-refractivity contribution in [1.29, 1.82) is 0 Å². The van der Waals surface area contributed by atoms with E-state index in [1.807, 2.05) is 4.72 Å². The van der Waals surface area contributed by atoms with Crippen LogP contribution in [0.15, 0.2) is 18.2 Å². The molecule has 1 aromatic carbocycles. The summed E-state index contributed by atoms with van der Waals surface area (Å²) in [5.74, 6) is 0. The molecule has 1 atom stereocenters. The summed E-state index contributed by atoms with van der Waals surface area (Å²) in [7, 11) is 0. The van der Waals surface area contributed by atoms with Crippen LogP contribution in [0.5, 0.6) is 0 Å². The van der Waals surface area contributed by atoms with Crippen LogP contribution in [-0.4, -0.2) is 13.7 Å². The Balaban J connectivity index is 3.27. The summed E-state index contributed by atoms with van der Waals surface area (Å²) < 4.78 is 57.7. The van der Waals surface area contributed by atoms with Crippen molar-refractivity contribution in [3.8, 4) is 0 Å². The van der Waals surface area contributed by atoms with Gasteiger partial charge in [-0.2, -0.15) is 13.2 Å². The number of nitro benzene ring substituents is 1. The van der Waals surface area contributed by atoms with Crippen LogP contribution in [0.3, 0.4) is 0 Å². The topological polar surface area (TPSA) is 92.5 Å². The maximum absolute atomic E-state index is 12.4. The number of benzene rings is 1. The molecule has 6 nitrogen and oxygen atoms in total. The molecule has 1 unspecified atom stereocenters. The van der Waals surface area contributed by atoms with Gasteiger partial charge in [-0.3, -0.25) is 19.4 Å². The molecule has 17 heavy (non-hydrogen) atoms. The van der Waals surface area contributed by atoms with Crippen LogP contribution >= 0.6 is 0 Å². The summed E-state index contributed by atoms with van der Waals surface area (Å²) >= 11 is -2.52. The monoisotopic (exact) mass is 270 g/mol. The van der Waals surface area contributed by atoms with Gasteiger partial charge in [-0.25, -0.2) is 4.21 Å². The Morgan fingerprint density at radius 2 is 2.00 bits per heavy atom. The summed E-state index contributed by atoms with van der Waals surface area (Å²) in [6, 6.07) is 1.83. The SMILES string of the molecule is O=[N+]([O-])c1cc(NS(=O)O)ccc1C(F)(F)F. The lowest BCUT2D eigenvalue weighted by Crippen LogP contribution is -2.10. The van der Waals surface area contributed by atoms with Crippen molar-refractivity contribution in [3.63, 3.8) is 0 Å². The molecule has 2 N–H and O–H groups in total. The average Bonchev–Trinajstić information content (AvgIpc) is 2.14. The largest absolute Gasteiger partial charge is 0.423 e. The quantitative estimate of drug-likeness (QED) is 0.500. The second kappa shape index (κ2) is 4.67. The van der Waals surface area contributed by atoms with Crippen molar-refractivity contribution in [2.75, 3.05) is 4.72 Å². The van der Waals surface area contributed by atoms with Crippen LogP contribution in [0, 0.1) is 10.1 Å². The standard InChI is InChI=1S/C7H5F3N2O4S/c8-7(9,10)5-2-1-4(11-17(15)16)3-6(5)12(13)14/h1-3,11H,(H,15,16). The number of rotatable bonds is 3. The zero-order chi connectivity index (χ0) is 13.2. The van der Waals surface area contributed by atoms with Gasteiger partial charge in [0.15, 0.2) is 0 Å². The van der Waals surface area contributed by atoms with Gasteiger partial charge in [0.25, 0.3) is 17.0 Å². The predicted molar refractivity (Wildman–Crippen MR) is 52.5 cm³/mol. The van der Waals surface area contributed by atoms with Gasteiger partial charge in [0.05, 0.1) is 10.6 Å². The second-order valence-corrected chi connectivity index (χ2v) is 3.54. The fourth-order valence-electron chi connectivity index (χ4n) is 1.09. The number of hydrogen-bond donors (Lipinski definition) is 2. The van der Waals surface area contributed by atoms with E-state index in [0.717, 1.165) is 6.07 Å². The lowest BCUT2D eigenvalue weighted by Gasteiger charge is -2.08. The first-order chi connectivity index (χ1) is 7.71. The Morgan fingerprint density at radius 3 is 2.41 bits per heavy atom. The summed E-state index contributed by atoms with van der Waals surface area (Å²) in [6.07, 6.45) is -4.86. The Bertz CT molecular complexity index is 477. The van der Waals surface area contributed by atoms with Gasteiger partial charge in [0, 0.05) is 6.07 Å². The molecule has 10 heteroatoms. The number of alkyl halides is 3. The first kappa shape index (κ1) is 13.4. The Labute approximate surface area is 95.0 Å². The fourth-order valence-corrected chi connectivity index (χ4v) is 1.42. The molecule has 0 heterocycles. The van der Waals surface area contributed by atoms with E-state index < -0.39 is 33.6 Å². The molecule has 0 saturated heterocycles. The van der Waals surface area contributed by atoms with E-state index in [1.165, 1.54) is 0 Å².